The molecule has 22 heavy (non-hydrogen) atoms. The molecule has 0 aliphatic carbocycles. The van der Waals surface area contributed by atoms with Crippen molar-refractivity contribution in [2.45, 2.75) is 25.6 Å². The average molecular weight is 317 g/mol. The van der Waals surface area contributed by atoms with Gasteiger partial charge in [0.1, 0.15) is 11.6 Å². The number of hydrogen-bond acceptors (Lipinski definition) is 5. The second-order valence-electron chi connectivity index (χ2n) is 5.28. The Kier molecular flexibility index (Phi) is 5.17. The minimum Gasteiger partial charge on any atom is -0.384 e. The molecule has 0 atom stereocenters. The summed E-state index contributed by atoms with van der Waals surface area (Å²) in [6.07, 6.45) is -1.86. The van der Waals surface area contributed by atoms with E-state index in [9.17, 15) is 18.0 Å². The standard InChI is InChI=1S/C13H18F3N5O/c14-13(15,16)8-21-5-2-9(3-6-21)12(22)19-7-11-18-4-1-10(17)20-11/h1,4,9H,2-3,5-8H2,(H,19,22)(H2,17,18,20). The molecule has 0 radical (unpaired) electrons. The highest BCUT2D eigenvalue weighted by atomic mass is 19.4. The predicted octanol–water partition coefficient (Wildman–Crippen LogP) is 0.949. The van der Waals surface area contributed by atoms with E-state index < -0.39 is 12.7 Å². The number of hydrogen-bond donors (Lipinski definition) is 2. The molecule has 2 heterocycles. The fourth-order valence-electron chi connectivity index (χ4n) is 2.42. The molecular weight excluding hydrogens is 299 g/mol. The van der Waals surface area contributed by atoms with E-state index in [0.29, 0.717) is 24.5 Å². The van der Waals surface area contributed by atoms with Gasteiger partial charge in [-0.1, -0.05) is 0 Å². The second kappa shape index (κ2) is 6.91. The lowest BCUT2D eigenvalue weighted by atomic mass is 9.96. The van der Waals surface area contributed by atoms with Crippen LogP contribution in [0.1, 0.15) is 18.7 Å². The first-order valence-corrected chi connectivity index (χ1v) is 6.98. The summed E-state index contributed by atoms with van der Waals surface area (Å²) in [7, 11) is 0. The highest BCUT2D eigenvalue weighted by Crippen LogP contribution is 2.22. The third-order valence-corrected chi connectivity index (χ3v) is 3.51. The third kappa shape index (κ3) is 5.14. The molecule has 1 saturated heterocycles. The van der Waals surface area contributed by atoms with Crippen LogP contribution >= 0.6 is 0 Å². The minimum atomic E-state index is -4.19. The number of nitrogen functional groups attached to an aromatic ring is 1. The van der Waals surface area contributed by atoms with Crippen LogP contribution in [0.2, 0.25) is 0 Å². The minimum absolute atomic E-state index is 0.159. The maximum absolute atomic E-state index is 12.3. The zero-order valence-electron chi connectivity index (χ0n) is 11.9. The molecule has 0 bridgehead atoms. The number of halogens is 3. The lowest BCUT2D eigenvalue weighted by Gasteiger charge is -2.31. The number of carbonyl (C=O) groups excluding carboxylic acids is 1. The largest absolute Gasteiger partial charge is 0.401 e. The number of aromatic nitrogens is 2. The van der Waals surface area contributed by atoms with Crippen LogP contribution in [0.5, 0.6) is 0 Å². The summed E-state index contributed by atoms with van der Waals surface area (Å²) >= 11 is 0. The highest BCUT2D eigenvalue weighted by molar-refractivity contribution is 5.78. The smallest absolute Gasteiger partial charge is 0.384 e. The SMILES string of the molecule is Nc1ccnc(CNC(=O)C2CCN(CC(F)(F)F)CC2)n1. The molecule has 122 valence electrons. The van der Waals surface area contributed by atoms with E-state index in [1.165, 1.54) is 11.1 Å². The molecule has 2 rings (SSSR count). The van der Waals surface area contributed by atoms with Crippen molar-refractivity contribution in [2.24, 2.45) is 5.92 Å². The molecule has 1 amide bonds. The van der Waals surface area contributed by atoms with Gasteiger partial charge in [-0.15, -0.1) is 0 Å². The van der Waals surface area contributed by atoms with E-state index >= 15 is 0 Å². The first kappa shape index (κ1) is 16.5. The molecule has 0 aromatic carbocycles. The maximum Gasteiger partial charge on any atom is 0.401 e. The van der Waals surface area contributed by atoms with Crippen molar-refractivity contribution in [1.29, 1.82) is 0 Å². The van der Waals surface area contributed by atoms with E-state index in [1.807, 2.05) is 0 Å². The number of nitrogens with two attached hydrogens (primary N) is 1. The van der Waals surface area contributed by atoms with E-state index in [0.717, 1.165) is 0 Å². The number of alkyl halides is 3. The van der Waals surface area contributed by atoms with Gasteiger partial charge in [0, 0.05) is 12.1 Å². The quantitative estimate of drug-likeness (QED) is 0.864. The van der Waals surface area contributed by atoms with E-state index in [2.05, 4.69) is 15.3 Å². The monoisotopic (exact) mass is 317 g/mol. The molecule has 1 aromatic heterocycles. The first-order chi connectivity index (χ1) is 10.3. The molecule has 1 aliphatic rings. The number of rotatable bonds is 4. The predicted molar refractivity (Wildman–Crippen MR) is 73.5 cm³/mol. The number of carbonyl (C=O) groups is 1. The van der Waals surface area contributed by atoms with Crippen molar-refractivity contribution in [3.05, 3.63) is 18.1 Å². The van der Waals surface area contributed by atoms with Crippen molar-refractivity contribution in [2.75, 3.05) is 25.4 Å². The molecule has 1 aliphatic heterocycles. The first-order valence-electron chi connectivity index (χ1n) is 6.98. The van der Waals surface area contributed by atoms with Crippen LogP contribution in [0, 0.1) is 5.92 Å². The molecular formula is C13H18F3N5O. The Morgan fingerprint density at radius 3 is 2.68 bits per heavy atom. The van der Waals surface area contributed by atoms with Gasteiger partial charge in [-0.25, -0.2) is 9.97 Å². The maximum atomic E-state index is 12.3. The molecule has 1 fully saturated rings. The van der Waals surface area contributed by atoms with Gasteiger partial charge in [0.2, 0.25) is 5.91 Å². The molecule has 0 unspecified atom stereocenters. The summed E-state index contributed by atoms with van der Waals surface area (Å²) in [5.74, 6) is 0.269. The Hall–Kier alpha value is -1.90. The van der Waals surface area contributed by atoms with E-state index in [4.69, 9.17) is 5.73 Å². The van der Waals surface area contributed by atoms with E-state index in [1.54, 1.807) is 6.07 Å². The summed E-state index contributed by atoms with van der Waals surface area (Å²) in [4.78, 5) is 21.3. The van der Waals surface area contributed by atoms with Crippen molar-refractivity contribution in [1.82, 2.24) is 20.2 Å². The summed E-state index contributed by atoms with van der Waals surface area (Å²) in [6.45, 7) is -0.218. The fourth-order valence-corrected chi connectivity index (χ4v) is 2.42. The Labute approximate surface area is 125 Å². The summed E-state index contributed by atoms with van der Waals surface area (Å²) < 4.78 is 36.9. The molecule has 0 spiro atoms. The molecule has 0 saturated carbocycles. The zero-order valence-corrected chi connectivity index (χ0v) is 11.9. The number of likely N-dealkylation sites (tertiary alicyclic amines) is 1. The van der Waals surface area contributed by atoms with Crippen LogP contribution in [-0.2, 0) is 11.3 Å². The molecule has 1 aromatic rings. The van der Waals surface area contributed by atoms with Gasteiger partial charge in [-0.05, 0) is 32.0 Å². The zero-order chi connectivity index (χ0) is 16.2. The van der Waals surface area contributed by atoms with Crippen LogP contribution in [0.25, 0.3) is 0 Å². The lowest BCUT2D eigenvalue weighted by Crippen LogP contribution is -2.43. The van der Waals surface area contributed by atoms with Crippen molar-refractivity contribution < 1.29 is 18.0 Å². The Bertz CT molecular complexity index is 515. The van der Waals surface area contributed by atoms with E-state index in [-0.39, 0.29) is 31.5 Å². The normalized spacial score (nSPS) is 17.4. The molecule has 6 nitrogen and oxygen atoms in total. The van der Waals surface area contributed by atoms with Crippen LogP contribution in [0.3, 0.4) is 0 Å². The lowest BCUT2D eigenvalue weighted by molar-refractivity contribution is -0.149. The number of piperidine rings is 1. The fraction of sp³-hybridized carbons (Fsp3) is 0.615. The Balaban J connectivity index is 1.75. The van der Waals surface area contributed by atoms with Gasteiger partial charge in [0.15, 0.2) is 0 Å². The highest BCUT2D eigenvalue weighted by Gasteiger charge is 2.33. The van der Waals surface area contributed by atoms with Crippen molar-refractivity contribution >= 4 is 11.7 Å². The van der Waals surface area contributed by atoms with Crippen LogP contribution in [0.15, 0.2) is 12.3 Å². The van der Waals surface area contributed by atoms with Gasteiger partial charge in [-0.3, -0.25) is 9.69 Å². The van der Waals surface area contributed by atoms with Crippen LogP contribution < -0.4 is 11.1 Å². The van der Waals surface area contributed by atoms with Gasteiger partial charge in [0.25, 0.3) is 0 Å². The number of nitrogens with zero attached hydrogens (tertiary/aromatic N) is 3. The number of anilines is 1. The second-order valence-corrected chi connectivity index (χ2v) is 5.28. The van der Waals surface area contributed by atoms with Crippen LogP contribution in [0.4, 0.5) is 19.0 Å². The van der Waals surface area contributed by atoms with Crippen LogP contribution in [-0.4, -0.2) is 46.6 Å². The Morgan fingerprint density at radius 1 is 1.41 bits per heavy atom. The van der Waals surface area contributed by atoms with Gasteiger partial charge < -0.3 is 11.1 Å². The topological polar surface area (TPSA) is 84.1 Å². The van der Waals surface area contributed by atoms with Gasteiger partial charge in [-0.2, -0.15) is 13.2 Å². The Morgan fingerprint density at radius 2 is 2.09 bits per heavy atom. The average Bonchev–Trinajstić information content (AvgIpc) is 2.44. The third-order valence-electron chi connectivity index (χ3n) is 3.51. The molecule has 9 heteroatoms. The summed E-state index contributed by atoms with van der Waals surface area (Å²) in [5, 5.41) is 2.70. The summed E-state index contributed by atoms with van der Waals surface area (Å²) in [5.41, 5.74) is 5.51. The summed E-state index contributed by atoms with van der Waals surface area (Å²) in [6, 6.07) is 1.54. The van der Waals surface area contributed by atoms with Gasteiger partial charge in [0.05, 0.1) is 13.1 Å². The molecule has 3 N–H and O–H groups in total. The van der Waals surface area contributed by atoms with Crippen molar-refractivity contribution in [3.8, 4) is 0 Å². The van der Waals surface area contributed by atoms with Crippen molar-refractivity contribution in [3.63, 3.8) is 0 Å². The van der Waals surface area contributed by atoms with Gasteiger partial charge >= 0.3 is 6.18 Å². The number of nitrogens with one attached hydrogen (secondary N) is 1. The number of amides is 1.